The summed E-state index contributed by atoms with van der Waals surface area (Å²) in [5.74, 6) is 0.683. The Labute approximate surface area is 89.9 Å². The van der Waals surface area contributed by atoms with Gasteiger partial charge >= 0.3 is 0 Å². The molecule has 0 bridgehead atoms. The monoisotopic (exact) mass is 205 g/mol. The van der Waals surface area contributed by atoms with Crippen LogP contribution >= 0.6 is 0 Å². The first-order valence-corrected chi connectivity index (χ1v) is 4.95. The topological polar surface area (TPSA) is 57.9 Å². The van der Waals surface area contributed by atoms with Crippen molar-refractivity contribution < 1.29 is 4.74 Å². The van der Waals surface area contributed by atoms with E-state index in [0.717, 1.165) is 17.9 Å². The molecule has 80 valence electrons. The van der Waals surface area contributed by atoms with Crippen LogP contribution in [0.1, 0.15) is 18.3 Å². The third kappa shape index (κ3) is 3.56. The molecule has 15 heavy (non-hydrogen) atoms. The van der Waals surface area contributed by atoms with Gasteiger partial charge in [-0.2, -0.15) is 5.26 Å². The predicted octanol–water partition coefficient (Wildman–Crippen LogP) is 1.40. The highest BCUT2D eigenvalue weighted by molar-refractivity contribution is 5.29. The number of nitrogens with one attached hydrogen (secondary N) is 1. The van der Waals surface area contributed by atoms with Crippen LogP contribution in [0, 0.1) is 18.3 Å². The van der Waals surface area contributed by atoms with Crippen LogP contribution in [0.3, 0.4) is 0 Å². The second-order valence-corrected chi connectivity index (χ2v) is 3.12. The van der Waals surface area contributed by atoms with E-state index in [1.54, 1.807) is 0 Å². The lowest BCUT2D eigenvalue weighted by Gasteiger charge is -2.09. The van der Waals surface area contributed by atoms with Crippen molar-refractivity contribution in [2.24, 2.45) is 0 Å². The molecule has 1 heterocycles. The zero-order chi connectivity index (χ0) is 11.1. The standard InChI is InChI=1S/C11H15N3O/c1-3-13-8-10-11(15-7-6-12)5-4-9(2)14-10/h4-5,13H,3,7-8H2,1-2H3. The zero-order valence-electron chi connectivity index (χ0n) is 9.08. The minimum atomic E-state index is 0.0594. The van der Waals surface area contributed by atoms with Gasteiger partial charge in [0.2, 0.25) is 0 Å². The third-order valence-corrected chi connectivity index (χ3v) is 1.91. The van der Waals surface area contributed by atoms with Crippen LogP contribution in [-0.2, 0) is 6.54 Å². The highest BCUT2D eigenvalue weighted by Gasteiger charge is 2.04. The Bertz CT molecular complexity index is 357. The molecule has 1 N–H and O–H groups in total. The van der Waals surface area contributed by atoms with Gasteiger partial charge < -0.3 is 10.1 Å². The summed E-state index contributed by atoms with van der Waals surface area (Å²) in [6.07, 6.45) is 0. The Kier molecular flexibility index (Phi) is 4.58. The smallest absolute Gasteiger partial charge is 0.174 e. The maximum atomic E-state index is 8.44. The summed E-state index contributed by atoms with van der Waals surface area (Å²) in [6.45, 7) is 5.57. The van der Waals surface area contributed by atoms with E-state index in [-0.39, 0.29) is 6.61 Å². The summed E-state index contributed by atoms with van der Waals surface area (Å²) in [5, 5.41) is 11.6. The van der Waals surface area contributed by atoms with Gasteiger partial charge in [-0.1, -0.05) is 6.92 Å². The summed E-state index contributed by atoms with van der Waals surface area (Å²) >= 11 is 0. The number of hydrogen-bond donors (Lipinski definition) is 1. The molecule has 0 unspecified atom stereocenters. The van der Waals surface area contributed by atoms with Crippen molar-refractivity contribution in [3.05, 3.63) is 23.5 Å². The number of rotatable bonds is 5. The summed E-state index contributed by atoms with van der Waals surface area (Å²) in [4.78, 5) is 4.37. The molecule has 0 fully saturated rings. The molecule has 0 aliphatic carbocycles. The van der Waals surface area contributed by atoms with Crippen molar-refractivity contribution in [2.45, 2.75) is 20.4 Å². The molecule has 1 rings (SSSR count). The third-order valence-electron chi connectivity index (χ3n) is 1.91. The first-order valence-electron chi connectivity index (χ1n) is 4.95. The maximum Gasteiger partial charge on any atom is 0.174 e. The molecule has 0 aliphatic heterocycles. The van der Waals surface area contributed by atoms with Crippen LogP contribution in [0.15, 0.2) is 12.1 Å². The first-order chi connectivity index (χ1) is 7.27. The Morgan fingerprint density at radius 2 is 2.33 bits per heavy atom. The molecule has 0 spiro atoms. The number of aromatic nitrogens is 1. The van der Waals surface area contributed by atoms with E-state index in [9.17, 15) is 0 Å². The molecule has 0 saturated carbocycles. The summed E-state index contributed by atoms with van der Waals surface area (Å²) in [5.41, 5.74) is 1.80. The van der Waals surface area contributed by atoms with Crippen molar-refractivity contribution in [2.75, 3.05) is 13.2 Å². The van der Waals surface area contributed by atoms with Crippen LogP contribution in [0.5, 0.6) is 5.75 Å². The Morgan fingerprint density at radius 1 is 1.53 bits per heavy atom. The van der Waals surface area contributed by atoms with E-state index in [1.807, 2.05) is 32.0 Å². The maximum absolute atomic E-state index is 8.44. The van der Waals surface area contributed by atoms with E-state index in [1.165, 1.54) is 0 Å². The molecule has 0 aromatic carbocycles. The van der Waals surface area contributed by atoms with E-state index < -0.39 is 0 Å². The van der Waals surface area contributed by atoms with Gasteiger partial charge in [0, 0.05) is 12.2 Å². The Hall–Kier alpha value is -1.60. The SMILES string of the molecule is CCNCc1nc(C)ccc1OCC#N. The summed E-state index contributed by atoms with van der Waals surface area (Å²) in [6, 6.07) is 5.67. The number of pyridine rings is 1. The number of ether oxygens (including phenoxy) is 1. The summed E-state index contributed by atoms with van der Waals surface area (Å²) in [7, 11) is 0. The van der Waals surface area contributed by atoms with Crippen LogP contribution in [0.25, 0.3) is 0 Å². The molecule has 0 atom stereocenters. The minimum absolute atomic E-state index is 0.0594. The second kappa shape index (κ2) is 5.99. The largest absolute Gasteiger partial charge is 0.477 e. The fraction of sp³-hybridized carbons (Fsp3) is 0.455. The van der Waals surface area contributed by atoms with Gasteiger partial charge in [-0.15, -0.1) is 0 Å². The van der Waals surface area contributed by atoms with Crippen molar-refractivity contribution in [3.63, 3.8) is 0 Å². The molecule has 1 aromatic heterocycles. The molecular formula is C11H15N3O. The molecule has 0 saturated heterocycles. The highest BCUT2D eigenvalue weighted by atomic mass is 16.5. The number of hydrogen-bond acceptors (Lipinski definition) is 4. The average molecular weight is 205 g/mol. The highest BCUT2D eigenvalue weighted by Crippen LogP contribution is 2.16. The number of nitrogens with zero attached hydrogens (tertiary/aromatic N) is 2. The number of nitriles is 1. The molecule has 0 aliphatic rings. The fourth-order valence-corrected chi connectivity index (χ4v) is 1.21. The second-order valence-electron chi connectivity index (χ2n) is 3.12. The number of aryl methyl sites for hydroxylation is 1. The minimum Gasteiger partial charge on any atom is -0.477 e. The molecule has 1 aromatic rings. The van der Waals surface area contributed by atoms with E-state index in [0.29, 0.717) is 12.3 Å². The molecule has 0 amide bonds. The quantitative estimate of drug-likeness (QED) is 0.789. The zero-order valence-corrected chi connectivity index (χ0v) is 9.08. The predicted molar refractivity (Wildman–Crippen MR) is 57.5 cm³/mol. The first kappa shape index (κ1) is 11.5. The van der Waals surface area contributed by atoms with Gasteiger partial charge in [-0.3, -0.25) is 4.98 Å². The normalized spacial score (nSPS) is 9.67. The fourth-order valence-electron chi connectivity index (χ4n) is 1.21. The van der Waals surface area contributed by atoms with Gasteiger partial charge in [0.05, 0.1) is 5.69 Å². The lowest BCUT2D eigenvalue weighted by molar-refractivity contribution is 0.360. The lowest BCUT2D eigenvalue weighted by atomic mass is 10.3. The summed E-state index contributed by atoms with van der Waals surface area (Å²) < 4.78 is 5.27. The average Bonchev–Trinajstić information content (AvgIpc) is 2.25. The molecule has 4 heteroatoms. The van der Waals surface area contributed by atoms with Crippen molar-refractivity contribution >= 4 is 0 Å². The Balaban J connectivity index is 2.78. The van der Waals surface area contributed by atoms with Gasteiger partial charge in [-0.05, 0) is 25.6 Å². The van der Waals surface area contributed by atoms with Crippen LogP contribution in [0.4, 0.5) is 0 Å². The molecular weight excluding hydrogens is 190 g/mol. The molecule has 0 radical (unpaired) electrons. The van der Waals surface area contributed by atoms with Gasteiger partial charge in [0.25, 0.3) is 0 Å². The van der Waals surface area contributed by atoms with Crippen molar-refractivity contribution in [1.29, 1.82) is 5.26 Å². The van der Waals surface area contributed by atoms with Gasteiger partial charge in [0.1, 0.15) is 11.8 Å². The lowest BCUT2D eigenvalue weighted by Crippen LogP contribution is -2.14. The van der Waals surface area contributed by atoms with Crippen molar-refractivity contribution in [1.82, 2.24) is 10.3 Å². The van der Waals surface area contributed by atoms with E-state index in [2.05, 4.69) is 10.3 Å². The van der Waals surface area contributed by atoms with Crippen LogP contribution < -0.4 is 10.1 Å². The molecule has 4 nitrogen and oxygen atoms in total. The van der Waals surface area contributed by atoms with Crippen molar-refractivity contribution in [3.8, 4) is 11.8 Å². The van der Waals surface area contributed by atoms with Gasteiger partial charge in [0.15, 0.2) is 6.61 Å². The van der Waals surface area contributed by atoms with Gasteiger partial charge in [-0.25, -0.2) is 0 Å². The van der Waals surface area contributed by atoms with E-state index in [4.69, 9.17) is 10.00 Å². The van der Waals surface area contributed by atoms with E-state index >= 15 is 0 Å². The van der Waals surface area contributed by atoms with Crippen LogP contribution in [-0.4, -0.2) is 18.1 Å². The Morgan fingerprint density at radius 3 is 3.00 bits per heavy atom. The van der Waals surface area contributed by atoms with Crippen LogP contribution in [0.2, 0.25) is 0 Å².